The molecule has 1 aliphatic rings. The summed E-state index contributed by atoms with van der Waals surface area (Å²) >= 11 is 0. The van der Waals surface area contributed by atoms with Crippen LogP contribution in [0.15, 0.2) is 76.4 Å². The summed E-state index contributed by atoms with van der Waals surface area (Å²) in [5.74, 6) is 0.958. The van der Waals surface area contributed by atoms with E-state index in [9.17, 15) is 17.6 Å². The van der Waals surface area contributed by atoms with Gasteiger partial charge >= 0.3 is 0 Å². The molecule has 0 atom stereocenters. The molecule has 1 aromatic heterocycles. The van der Waals surface area contributed by atoms with Crippen molar-refractivity contribution in [1.82, 2.24) is 9.29 Å². The Bertz CT molecular complexity index is 1580. The molecule has 2 heterocycles. The first-order chi connectivity index (χ1) is 17.3. The maximum atomic E-state index is 13.8. The molecule has 5 rings (SSSR count). The summed E-state index contributed by atoms with van der Waals surface area (Å²) in [6.45, 7) is 0.419. The average molecular weight is 511 g/mol. The monoisotopic (exact) mass is 510 g/mol. The smallest absolute Gasteiger partial charge is 0.252 e. The van der Waals surface area contributed by atoms with Crippen molar-refractivity contribution in [2.45, 2.75) is 18.0 Å². The van der Waals surface area contributed by atoms with Gasteiger partial charge in [-0.15, -0.1) is 0 Å². The number of aromatic nitrogens is 1. The van der Waals surface area contributed by atoms with Crippen LogP contribution in [-0.4, -0.2) is 38.0 Å². The highest BCUT2D eigenvalue weighted by Gasteiger charge is 2.28. The van der Waals surface area contributed by atoms with Crippen LogP contribution in [0.25, 0.3) is 10.9 Å². The van der Waals surface area contributed by atoms with Crippen molar-refractivity contribution in [2.24, 2.45) is 0 Å². The fraction of sp³-hybridized carbons (Fsp3) is 0.192. The van der Waals surface area contributed by atoms with Crippen molar-refractivity contribution in [3.8, 4) is 17.2 Å². The standard InChI is InChI=1S/C26H23FN2O6S/c1-33-21-7-4-18-12-19(26(30)28-23(18)13-21)16-29(15-17-2-5-20(27)6-3-17)36(31,32)22-8-9-24-25(14-22)35-11-10-34-24/h2-9,12-14H,10-11,15-16H2,1H3,(H,28,30). The number of ether oxygens (including phenoxy) is 3. The van der Waals surface area contributed by atoms with Crippen LogP contribution < -0.4 is 19.8 Å². The second kappa shape index (κ2) is 9.63. The van der Waals surface area contributed by atoms with Crippen LogP contribution >= 0.6 is 0 Å². The van der Waals surface area contributed by atoms with E-state index < -0.39 is 21.4 Å². The zero-order valence-electron chi connectivity index (χ0n) is 19.4. The first-order valence-electron chi connectivity index (χ1n) is 11.2. The number of fused-ring (bicyclic) bond motifs is 2. The summed E-state index contributed by atoms with van der Waals surface area (Å²) in [6.07, 6.45) is 0. The maximum Gasteiger partial charge on any atom is 0.252 e. The highest BCUT2D eigenvalue weighted by atomic mass is 32.2. The number of nitrogens with one attached hydrogen (secondary N) is 1. The van der Waals surface area contributed by atoms with Gasteiger partial charge in [0.2, 0.25) is 10.0 Å². The van der Waals surface area contributed by atoms with Crippen molar-refractivity contribution in [3.05, 3.63) is 94.0 Å². The van der Waals surface area contributed by atoms with E-state index in [1.807, 2.05) is 0 Å². The van der Waals surface area contributed by atoms with Crippen LogP contribution in [0.4, 0.5) is 4.39 Å². The fourth-order valence-electron chi connectivity index (χ4n) is 4.01. The molecular weight excluding hydrogens is 487 g/mol. The fourth-order valence-corrected chi connectivity index (χ4v) is 5.43. The van der Waals surface area contributed by atoms with Gasteiger partial charge in [0.05, 0.1) is 17.5 Å². The van der Waals surface area contributed by atoms with Crippen LogP contribution in [0.3, 0.4) is 0 Å². The molecule has 0 saturated carbocycles. The molecule has 0 saturated heterocycles. The van der Waals surface area contributed by atoms with Crippen molar-refractivity contribution in [1.29, 1.82) is 0 Å². The highest BCUT2D eigenvalue weighted by Crippen LogP contribution is 2.34. The largest absolute Gasteiger partial charge is 0.497 e. The topological polar surface area (TPSA) is 97.9 Å². The van der Waals surface area contributed by atoms with E-state index in [1.165, 1.54) is 47.8 Å². The van der Waals surface area contributed by atoms with E-state index in [4.69, 9.17) is 14.2 Å². The Morgan fingerprint density at radius 3 is 2.44 bits per heavy atom. The van der Waals surface area contributed by atoms with E-state index in [2.05, 4.69) is 4.98 Å². The van der Waals surface area contributed by atoms with Crippen molar-refractivity contribution >= 4 is 20.9 Å². The third-order valence-corrected chi connectivity index (χ3v) is 7.69. The minimum Gasteiger partial charge on any atom is -0.497 e. The van der Waals surface area contributed by atoms with Gasteiger partial charge in [0.15, 0.2) is 11.5 Å². The second-order valence-corrected chi connectivity index (χ2v) is 10.2. The lowest BCUT2D eigenvalue weighted by molar-refractivity contribution is 0.171. The molecule has 0 radical (unpaired) electrons. The minimum atomic E-state index is -4.09. The van der Waals surface area contributed by atoms with Crippen molar-refractivity contribution in [3.63, 3.8) is 0 Å². The molecule has 3 aromatic carbocycles. The lowest BCUT2D eigenvalue weighted by Gasteiger charge is -2.24. The maximum absolute atomic E-state index is 13.8. The minimum absolute atomic E-state index is 0.00387. The van der Waals surface area contributed by atoms with Gasteiger partial charge in [-0.05, 0) is 53.4 Å². The first kappa shape index (κ1) is 23.8. The highest BCUT2D eigenvalue weighted by molar-refractivity contribution is 7.89. The molecule has 0 spiro atoms. The van der Waals surface area contributed by atoms with E-state index in [0.29, 0.717) is 41.5 Å². The molecule has 0 unspecified atom stereocenters. The van der Waals surface area contributed by atoms with Gasteiger partial charge in [-0.2, -0.15) is 4.31 Å². The summed E-state index contributed by atoms with van der Waals surface area (Å²) in [4.78, 5) is 15.7. The Morgan fingerprint density at radius 1 is 0.944 bits per heavy atom. The van der Waals surface area contributed by atoms with Gasteiger partial charge in [0.1, 0.15) is 24.8 Å². The van der Waals surface area contributed by atoms with Crippen molar-refractivity contribution in [2.75, 3.05) is 20.3 Å². The molecule has 1 aliphatic heterocycles. The number of H-pyrrole nitrogens is 1. The lowest BCUT2D eigenvalue weighted by atomic mass is 10.1. The molecule has 0 fully saturated rings. The number of halogens is 1. The predicted molar refractivity (Wildman–Crippen MR) is 131 cm³/mol. The van der Waals surface area contributed by atoms with Crippen LogP contribution in [0, 0.1) is 5.82 Å². The van der Waals surface area contributed by atoms with Crippen LogP contribution in [0.5, 0.6) is 17.2 Å². The van der Waals surface area contributed by atoms with E-state index in [1.54, 1.807) is 30.3 Å². The summed E-state index contributed by atoms with van der Waals surface area (Å²) in [5, 5.41) is 0.726. The second-order valence-electron chi connectivity index (χ2n) is 8.28. The van der Waals surface area contributed by atoms with E-state index in [0.717, 1.165) is 5.39 Å². The van der Waals surface area contributed by atoms with Crippen molar-refractivity contribution < 1.29 is 27.0 Å². The molecule has 0 aliphatic carbocycles. The van der Waals surface area contributed by atoms with Gasteiger partial charge < -0.3 is 19.2 Å². The molecule has 0 bridgehead atoms. The number of methoxy groups -OCH3 is 1. The summed E-state index contributed by atoms with van der Waals surface area (Å²) in [5.41, 5.74) is 0.982. The number of nitrogens with zero attached hydrogens (tertiary/aromatic N) is 1. The van der Waals surface area contributed by atoms with Gasteiger partial charge in [0.25, 0.3) is 5.56 Å². The lowest BCUT2D eigenvalue weighted by Crippen LogP contribution is -2.32. The number of pyridine rings is 1. The zero-order valence-corrected chi connectivity index (χ0v) is 20.2. The Balaban J connectivity index is 1.55. The van der Waals surface area contributed by atoms with Crippen LogP contribution in [-0.2, 0) is 23.1 Å². The molecule has 1 N–H and O–H groups in total. The SMILES string of the molecule is COc1ccc2cc(CN(Cc3ccc(F)cc3)S(=O)(=O)c3ccc4c(c3)OCCO4)c(=O)[nH]c2c1. The molecular formula is C26H23FN2O6S. The molecule has 8 nitrogen and oxygen atoms in total. The average Bonchev–Trinajstić information content (AvgIpc) is 2.89. The number of hydrogen-bond acceptors (Lipinski definition) is 6. The van der Waals surface area contributed by atoms with Gasteiger partial charge in [-0.25, -0.2) is 12.8 Å². The number of sulfonamides is 1. The molecule has 4 aromatic rings. The Morgan fingerprint density at radius 2 is 1.69 bits per heavy atom. The number of aromatic amines is 1. The van der Waals surface area contributed by atoms with Crippen LogP contribution in [0.2, 0.25) is 0 Å². The quantitative estimate of drug-likeness (QED) is 0.406. The number of benzene rings is 3. The normalized spacial score (nSPS) is 13.2. The van der Waals surface area contributed by atoms with E-state index in [-0.39, 0.29) is 23.5 Å². The Kier molecular flexibility index (Phi) is 6.38. The van der Waals surface area contributed by atoms with Crippen LogP contribution in [0.1, 0.15) is 11.1 Å². The summed E-state index contributed by atoms with van der Waals surface area (Å²) in [6, 6.07) is 16.9. The number of rotatable bonds is 7. The first-order valence-corrected chi connectivity index (χ1v) is 12.6. The summed E-state index contributed by atoms with van der Waals surface area (Å²) < 4.78 is 58.5. The third kappa shape index (κ3) is 4.77. The Labute approximate surface area is 206 Å². The van der Waals surface area contributed by atoms with Gasteiger partial charge in [-0.1, -0.05) is 12.1 Å². The van der Waals surface area contributed by atoms with Gasteiger partial charge in [0, 0.05) is 30.8 Å². The molecule has 0 amide bonds. The molecule has 10 heteroatoms. The molecule has 186 valence electrons. The predicted octanol–water partition coefficient (Wildman–Crippen LogP) is 3.84. The number of hydrogen-bond donors (Lipinski definition) is 1. The third-order valence-electron chi connectivity index (χ3n) is 5.90. The molecule has 36 heavy (non-hydrogen) atoms. The zero-order chi connectivity index (χ0) is 25.3. The Hall–Kier alpha value is -3.89. The van der Waals surface area contributed by atoms with Gasteiger partial charge in [-0.3, -0.25) is 4.79 Å². The van der Waals surface area contributed by atoms with E-state index >= 15 is 0 Å². The summed E-state index contributed by atoms with van der Waals surface area (Å²) in [7, 11) is -2.56.